The van der Waals surface area contributed by atoms with E-state index in [-0.39, 0.29) is 0 Å². The quantitative estimate of drug-likeness (QED) is 0.571. The summed E-state index contributed by atoms with van der Waals surface area (Å²) in [6.07, 6.45) is 1.73. The molecule has 2 nitrogen and oxygen atoms in total. The Balaban J connectivity index is 2.95. The highest BCUT2D eigenvalue weighted by atomic mass is 32.1. The summed E-state index contributed by atoms with van der Waals surface area (Å²) >= 11 is 1.58. The lowest BCUT2D eigenvalue weighted by Crippen LogP contribution is -1.76. The average molecular weight is 149 g/mol. The average Bonchev–Trinajstić information content (AvgIpc) is 2.36. The largest absolute Gasteiger partial charge is 0.236 e. The molecule has 0 bridgehead atoms. The Labute approximate surface area is 62.6 Å². The molecule has 0 aliphatic rings. The van der Waals surface area contributed by atoms with Crippen molar-refractivity contribution in [3.05, 3.63) is 30.3 Å². The van der Waals surface area contributed by atoms with Gasteiger partial charge in [0.2, 0.25) is 0 Å². The summed E-state index contributed by atoms with van der Waals surface area (Å²) in [6, 6.07) is 1.89. The number of pyridine rings is 1. The van der Waals surface area contributed by atoms with E-state index in [9.17, 15) is 0 Å². The van der Waals surface area contributed by atoms with Crippen molar-refractivity contribution in [1.82, 2.24) is 9.97 Å². The molecule has 2 aromatic heterocycles. The van der Waals surface area contributed by atoms with Gasteiger partial charge in [-0.3, -0.25) is 0 Å². The van der Waals surface area contributed by atoms with Gasteiger partial charge in [0.05, 0.1) is 10.2 Å². The van der Waals surface area contributed by atoms with Crippen molar-refractivity contribution >= 4 is 21.7 Å². The summed E-state index contributed by atoms with van der Waals surface area (Å²) in [7, 11) is 0. The van der Waals surface area contributed by atoms with Crippen LogP contribution in [0.2, 0.25) is 0 Å². The highest BCUT2D eigenvalue weighted by molar-refractivity contribution is 7.16. The maximum absolute atomic E-state index is 4.06. The topological polar surface area (TPSA) is 25.8 Å². The number of rotatable bonds is 0. The molecule has 0 aliphatic heterocycles. The van der Waals surface area contributed by atoms with Crippen LogP contribution < -0.4 is 0 Å². The minimum atomic E-state index is 0.803. The SMILES string of the molecule is [CH2]c1ccnc2ncsc12. The fraction of sp³-hybridized carbons (Fsp3) is 0. The molecule has 0 fully saturated rings. The predicted octanol–water partition coefficient (Wildman–Crippen LogP) is 1.87. The van der Waals surface area contributed by atoms with Crippen molar-refractivity contribution in [3.63, 3.8) is 0 Å². The molecule has 1 radical (unpaired) electrons. The van der Waals surface area contributed by atoms with E-state index in [1.807, 2.05) is 6.07 Å². The molecule has 0 saturated carbocycles. The Kier molecular flexibility index (Phi) is 1.17. The molecule has 0 unspecified atom stereocenters. The second kappa shape index (κ2) is 2.02. The van der Waals surface area contributed by atoms with Crippen LogP contribution in [0.5, 0.6) is 0 Å². The van der Waals surface area contributed by atoms with Crippen LogP contribution in [0, 0.1) is 6.92 Å². The molecule has 3 heteroatoms. The molecule has 0 spiro atoms. The minimum Gasteiger partial charge on any atom is -0.236 e. The fourth-order valence-electron chi connectivity index (χ4n) is 0.825. The molecular weight excluding hydrogens is 144 g/mol. The number of nitrogens with zero attached hydrogens (tertiary/aromatic N) is 2. The van der Waals surface area contributed by atoms with Crippen molar-refractivity contribution < 1.29 is 0 Å². The van der Waals surface area contributed by atoms with Crippen LogP contribution in [0.3, 0.4) is 0 Å². The third kappa shape index (κ3) is 0.708. The van der Waals surface area contributed by atoms with Gasteiger partial charge in [-0.1, -0.05) is 0 Å². The van der Waals surface area contributed by atoms with Crippen molar-refractivity contribution in [3.8, 4) is 0 Å². The van der Waals surface area contributed by atoms with Gasteiger partial charge in [-0.25, -0.2) is 9.97 Å². The maximum atomic E-state index is 4.06. The highest BCUT2D eigenvalue weighted by Gasteiger charge is 1.97. The molecule has 0 amide bonds. The van der Waals surface area contributed by atoms with Gasteiger partial charge in [-0.15, -0.1) is 11.3 Å². The van der Waals surface area contributed by atoms with E-state index in [1.165, 1.54) is 0 Å². The van der Waals surface area contributed by atoms with E-state index >= 15 is 0 Å². The van der Waals surface area contributed by atoms with E-state index in [2.05, 4.69) is 16.9 Å². The molecule has 2 aromatic rings. The van der Waals surface area contributed by atoms with Gasteiger partial charge in [0.1, 0.15) is 0 Å². The summed E-state index contributed by atoms with van der Waals surface area (Å²) in [6.45, 7) is 3.85. The molecule has 0 aliphatic carbocycles. The Morgan fingerprint density at radius 3 is 3.10 bits per heavy atom. The normalized spacial score (nSPS) is 10.5. The van der Waals surface area contributed by atoms with Crippen LogP contribution in [0.4, 0.5) is 0 Å². The van der Waals surface area contributed by atoms with E-state index in [0.717, 1.165) is 15.9 Å². The van der Waals surface area contributed by atoms with Crippen LogP contribution in [-0.4, -0.2) is 9.97 Å². The zero-order valence-electron chi connectivity index (χ0n) is 5.24. The number of hydrogen-bond donors (Lipinski definition) is 0. The van der Waals surface area contributed by atoms with Gasteiger partial charge in [-0.2, -0.15) is 0 Å². The Bertz CT molecular complexity index is 353. The van der Waals surface area contributed by atoms with E-state index < -0.39 is 0 Å². The molecule has 0 aromatic carbocycles. The first kappa shape index (κ1) is 5.80. The second-order valence-corrected chi connectivity index (χ2v) is 2.83. The maximum Gasteiger partial charge on any atom is 0.170 e. The molecular formula is C7H5N2S. The zero-order valence-corrected chi connectivity index (χ0v) is 6.06. The van der Waals surface area contributed by atoms with Crippen LogP contribution in [-0.2, 0) is 0 Å². The summed E-state index contributed by atoms with van der Waals surface area (Å²) in [4.78, 5) is 8.11. The van der Waals surface area contributed by atoms with Crippen LogP contribution in [0.15, 0.2) is 17.8 Å². The molecule has 10 heavy (non-hydrogen) atoms. The monoisotopic (exact) mass is 149 g/mol. The molecule has 2 rings (SSSR count). The van der Waals surface area contributed by atoms with Crippen molar-refractivity contribution in [2.75, 3.05) is 0 Å². The molecule has 49 valence electrons. The van der Waals surface area contributed by atoms with E-state index in [1.54, 1.807) is 23.0 Å². The van der Waals surface area contributed by atoms with Crippen LogP contribution in [0.25, 0.3) is 10.3 Å². The fourth-order valence-corrected chi connectivity index (χ4v) is 1.51. The Hall–Kier alpha value is -0.960. The molecule has 0 saturated heterocycles. The first-order valence-electron chi connectivity index (χ1n) is 2.88. The summed E-state index contributed by atoms with van der Waals surface area (Å²) in [5, 5.41) is 0. The van der Waals surface area contributed by atoms with E-state index in [0.29, 0.717) is 0 Å². The summed E-state index contributed by atoms with van der Waals surface area (Å²) in [5.74, 6) is 0. The van der Waals surface area contributed by atoms with E-state index in [4.69, 9.17) is 0 Å². The van der Waals surface area contributed by atoms with Gasteiger partial charge in [0, 0.05) is 6.20 Å². The first-order chi connectivity index (χ1) is 4.88. The number of thiazole rings is 1. The second-order valence-electron chi connectivity index (χ2n) is 1.98. The smallest absolute Gasteiger partial charge is 0.170 e. The lowest BCUT2D eigenvalue weighted by molar-refractivity contribution is 1.32. The van der Waals surface area contributed by atoms with Gasteiger partial charge >= 0.3 is 0 Å². The van der Waals surface area contributed by atoms with Gasteiger partial charge < -0.3 is 0 Å². The number of hydrogen-bond acceptors (Lipinski definition) is 3. The molecule has 0 atom stereocenters. The lowest BCUT2D eigenvalue weighted by atomic mass is 10.3. The van der Waals surface area contributed by atoms with Gasteiger partial charge in [0.25, 0.3) is 0 Å². The van der Waals surface area contributed by atoms with Crippen molar-refractivity contribution in [2.24, 2.45) is 0 Å². The number of fused-ring (bicyclic) bond motifs is 1. The third-order valence-electron chi connectivity index (χ3n) is 1.31. The van der Waals surface area contributed by atoms with Crippen LogP contribution >= 0.6 is 11.3 Å². The van der Waals surface area contributed by atoms with Crippen molar-refractivity contribution in [1.29, 1.82) is 0 Å². The third-order valence-corrected chi connectivity index (χ3v) is 2.20. The summed E-state index contributed by atoms with van der Waals surface area (Å²) < 4.78 is 1.09. The first-order valence-corrected chi connectivity index (χ1v) is 3.76. The van der Waals surface area contributed by atoms with Crippen LogP contribution in [0.1, 0.15) is 5.56 Å². The molecule has 2 heterocycles. The zero-order chi connectivity index (χ0) is 6.97. The van der Waals surface area contributed by atoms with Crippen molar-refractivity contribution in [2.45, 2.75) is 0 Å². The number of aromatic nitrogens is 2. The Morgan fingerprint density at radius 2 is 2.30 bits per heavy atom. The predicted molar refractivity (Wildman–Crippen MR) is 41.9 cm³/mol. The Morgan fingerprint density at radius 1 is 1.40 bits per heavy atom. The lowest BCUT2D eigenvalue weighted by Gasteiger charge is -1.89. The molecule has 0 N–H and O–H groups in total. The standard InChI is InChI=1S/C7H5N2S/c1-5-2-3-8-7-6(5)10-4-9-7/h2-4H,1H2. The minimum absolute atomic E-state index is 0.803. The van der Waals surface area contributed by atoms with Gasteiger partial charge in [-0.05, 0) is 18.6 Å². The van der Waals surface area contributed by atoms with Gasteiger partial charge in [0.15, 0.2) is 5.65 Å². The highest BCUT2D eigenvalue weighted by Crippen LogP contribution is 2.18. The summed E-state index contributed by atoms with van der Waals surface area (Å²) in [5.41, 5.74) is 3.59.